The number of nitrogens with zero attached hydrogens (tertiary/aromatic N) is 3. The Kier molecular flexibility index (Phi) is 6.58. The van der Waals surface area contributed by atoms with Gasteiger partial charge < -0.3 is 9.30 Å². The molecule has 0 N–H and O–H groups in total. The number of esters is 1. The summed E-state index contributed by atoms with van der Waals surface area (Å²) in [6.45, 7) is 4.74. The molecule has 0 radical (unpaired) electrons. The van der Waals surface area contributed by atoms with Crippen molar-refractivity contribution >= 4 is 27.0 Å². The normalized spacial score (nSPS) is 11.9. The number of aryl methyl sites for hydroxylation is 2. The average Bonchev–Trinajstić information content (AvgIpc) is 3.05. The van der Waals surface area contributed by atoms with E-state index in [1.807, 2.05) is 42.7 Å². The molecule has 0 bridgehead atoms. The van der Waals surface area contributed by atoms with Gasteiger partial charge in [0, 0.05) is 20.6 Å². The van der Waals surface area contributed by atoms with Crippen molar-refractivity contribution < 1.29 is 17.9 Å². The summed E-state index contributed by atoms with van der Waals surface area (Å²) in [5, 5.41) is 0. The number of imidazole rings is 1. The number of hydrogen-bond donors (Lipinski definition) is 0. The van der Waals surface area contributed by atoms with Crippen LogP contribution in [-0.4, -0.2) is 42.3 Å². The fourth-order valence-corrected chi connectivity index (χ4v) is 4.20. The summed E-state index contributed by atoms with van der Waals surface area (Å²) in [5.74, 6) is 0.277. The van der Waals surface area contributed by atoms with Crippen LogP contribution in [0, 0.1) is 6.92 Å². The molecule has 0 fully saturated rings. The third-order valence-corrected chi connectivity index (χ3v) is 6.79. The highest BCUT2D eigenvalue weighted by Gasteiger charge is 2.20. The summed E-state index contributed by atoms with van der Waals surface area (Å²) in [7, 11) is -0.561. The molecule has 0 saturated heterocycles. The van der Waals surface area contributed by atoms with Gasteiger partial charge in [0.15, 0.2) is 0 Å². The summed E-state index contributed by atoms with van der Waals surface area (Å²) in [6.07, 6.45) is 1.07. The van der Waals surface area contributed by atoms with Crippen molar-refractivity contribution in [2.24, 2.45) is 0 Å². The highest BCUT2D eigenvalue weighted by atomic mass is 32.2. The molecule has 1 heterocycles. The minimum atomic E-state index is -3.55. The first-order chi connectivity index (χ1) is 14.2. The van der Waals surface area contributed by atoms with E-state index in [0.29, 0.717) is 17.9 Å². The van der Waals surface area contributed by atoms with E-state index in [9.17, 15) is 13.2 Å². The van der Waals surface area contributed by atoms with Crippen molar-refractivity contribution in [3.8, 4) is 0 Å². The largest absolute Gasteiger partial charge is 0.457 e. The van der Waals surface area contributed by atoms with Crippen LogP contribution in [0.3, 0.4) is 0 Å². The third kappa shape index (κ3) is 4.55. The predicted molar refractivity (Wildman–Crippen MR) is 116 cm³/mol. The first-order valence-corrected chi connectivity index (χ1v) is 11.3. The maximum absolute atomic E-state index is 12.4. The zero-order valence-corrected chi connectivity index (χ0v) is 18.6. The summed E-state index contributed by atoms with van der Waals surface area (Å²) >= 11 is 0. The lowest BCUT2D eigenvalue weighted by Crippen LogP contribution is -2.22. The fourth-order valence-electron chi connectivity index (χ4n) is 3.27. The standard InChI is InChI=1S/C22H27N3O4S/c1-5-12-25-20-11-10-18(30(27,28)24(3)4)14-19(20)23-21(25)15-29-22(26)13-17-9-7-6-8-16(17)2/h6-11,14H,5,12-13,15H2,1-4H3. The number of hydrogen-bond acceptors (Lipinski definition) is 5. The highest BCUT2D eigenvalue weighted by molar-refractivity contribution is 7.89. The van der Waals surface area contributed by atoms with Crippen LogP contribution in [0.5, 0.6) is 0 Å². The van der Waals surface area contributed by atoms with Crippen LogP contribution in [0.2, 0.25) is 0 Å². The first kappa shape index (κ1) is 22.0. The van der Waals surface area contributed by atoms with Crippen molar-refractivity contribution in [3.63, 3.8) is 0 Å². The van der Waals surface area contributed by atoms with Crippen molar-refractivity contribution in [2.45, 2.75) is 44.7 Å². The molecule has 0 aliphatic carbocycles. The molecule has 0 saturated carbocycles. The van der Waals surface area contributed by atoms with E-state index in [0.717, 1.165) is 23.1 Å². The number of carbonyl (C=O) groups is 1. The van der Waals surface area contributed by atoms with Gasteiger partial charge >= 0.3 is 5.97 Å². The number of rotatable bonds is 8. The average molecular weight is 430 g/mol. The maximum Gasteiger partial charge on any atom is 0.310 e. The molecule has 7 nitrogen and oxygen atoms in total. The lowest BCUT2D eigenvalue weighted by atomic mass is 10.1. The smallest absolute Gasteiger partial charge is 0.310 e. The van der Waals surface area contributed by atoms with Gasteiger partial charge in [-0.05, 0) is 42.7 Å². The SMILES string of the molecule is CCCn1c(COC(=O)Cc2ccccc2C)nc2cc(S(=O)(=O)N(C)C)ccc21. The van der Waals surface area contributed by atoms with Crippen LogP contribution in [0.1, 0.15) is 30.3 Å². The lowest BCUT2D eigenvalue weighted by molar-refractivity contribution is -0.144. The van der Waals surface area contributed by atoms with Crippen LogP contribution < -0.4 is 0 Å². The quantitative estimate of drug-likeness (QED) is 0.513. The number of ether oxygens (including phenoxy) is 1. The van der Waals surface area contributed by atoms with Crippen molar-refractivity contribution in [1.29, 1.82) is 0 Å². The molecule has 1 aromatic heterocycles. The Bertz CT molecular complexity index is 1170. The van der Waals surface area contributed by atoms with Gasteiger partial charge in [0.05, 0.1) is 22.3 Å². The number of fused-ring (bicyclic) bond motifs is 1. The van der Waals surface area contributed by atoms with Gasteiger partial charge in [0.1, 0.15) is 12.4 Å². The molecule has 0 atom stereocenters. The Balaban J connectivity index is 1.84. The van der Waals surface area contributed by atoms with Gasteiger partial charge in [-0.3, -0.25) is 4.79 Å². The molecule has 3 rings (SSSR count). The molecule has 160 valence electrons. The monoisotopic (exact) mass is 429 g/mol. The summed E-state index contributed by atoms with van der Waals surface area (Å²) in [4.78, 5) is 17.1. The molecular formula is C22H27N3O4S. The van der Waals surface area contributed by atoms with Crippen molar-refractivity contribution in [2.75, 3.05) is 14.1 Å². The van der Waals surface area contributed by atoms with Gasteiger partial charge in [0.25, 0.3) is 0 Å². The van der Waals surface area contributed by atoms with Crippen molar-refractivity contribution in [3.05, 3.63) is 59.4 Å². The molecule has 2 aromatic carbocycles. The van der Waals surface area contributed by atoms with Crippen LogP contribution in [0.25, 0.3) is 11.0 Å². The Hall–Kier alpha value is -2.71. The zero-order chi connectivity index (χ0) is 21.9. The molecule has 0 spiro atoms. The topological polar surface area (TPSA) is 81.5 Å². The summed E-state index contributed by atoms with van der Waals surface area (Å²) in [5.41, 5.74) is 3.36. The highest BCUT2D eigenvalue weighted by Crippen LogP contribution is 2.23. The second-order valence-corrected chi connectivity index (χ2v) is 9.53. The Morgan fingerprint density at radius 2 is 1.90 bits per heavy atom. The van der Waals surface area contributed by atoms with Crippen LogP contribution in [-0.2, 0) is 39.1 Å². The van der Waals surface area contributed by atoms with Crippen LogP contribution >= 0.6 is 0 Å². The second-order valence-electron chi connectivity index (χ2n) is 7.38. The van der Waals surface area contributed by atoms with E-state index in [-0.39, 0.29) is 23.9 Å². The van der Waals surface area contributed by atoms with Crippen LogP contribution in [0.4, 0.5) is 0 Å². The van der Waals surface area contributed by atoms with E-state index < -0.39 is 10.0 Å². The van der Waals surface area contributed by atoms with Gasteiger partial charge in [0.2, 0.25) is 10.0 Å². The summed E-state index contributed by atoms with van der Waals surface area (Å²) < 4.78 is 33.5. The Morgan fingerprint density at radius 1 is 1.17 bits per heavy atom. The third-order valence-electron chi connectivity index (χ3n) is 4.98. The van der Waals surface area contributed by atoms with Gasteiger partial charge in [-0.25, -0.2) is 17.7 Å². The van der Waals surface area contributed by atoms with E-state index in [2.05, 4.69) is 4.98 Å². The van der Waals surface area contributed by atoms with E-state index in [4.69, 9.17) is 4.74 Å². The van der Waals surface area contributed by atoms with Gasteiger partial charge in [-0.15, -0.1) is 0 Å². The Morgan fingerprint density at radius 3 is 2.57 bits per heavy atom. The predicted octanol–water partition coefficient (Wildman–Crippen LogP) is 3.29. The summed E-state index contributed by atoms with van der Waals surface area (Å²) in [6, 6.07) is 12.6. The molecule has 3 aromatic rings. The molecule has 0 aliphatic heterocycles. The number of aromatic nitrogens is 2. The zero-order valence-electron chi connectivity index (χ0n) is 17.8. The second kappa shape index (κ2) is 8.97. The minimum Gasteiger partial charge on any atom is -0.457 e. The minimum absolute atomic E-state index is 0.0369. The maximum atomic E-state index is 12.4. The fraction of sp³-hybridized carbons (Fsp3) is 0.364. The lowest BCUT2D eigenvalue weighted by Gasteiger charge is -2.11. The molecular weight excluding hydrogens is 402 g/mol. The number of benzene rings is 2. The Labute approximate surface area is 177 Å². The molecule has 30 heavy (non-hydrogen) atoms. The molecule has 8 heteroatoms. The van der Waals surface area contributed by atoms with E-state index in [1.54, 1.807) is 18.2 Å². The van der Waals surface area contributed by atoms with Crippen molar-refractivity contribution in [1.82, 2.24) is 13.9 Å². The van der Waals surface area contributed by atoms with E-state index in [1.165, 1.54) is 18.4 Å². The molecule has 0 aliphatic rings. The first-order valence-electron chi connectivity index (χ1n) is 9.86. The van der Waals surface area contributed by atoms with Gasteiger partial charge in [-0.1, -0.05) is 31.2 Å². The van der Waals surface area contributed by atoms with Gasteiger partial charge in [-0.2, -0.15) is 0 Å². The number of carbonyl (C=O) groups excluding carboxylic acids is 1. The van der Waals surface area contributed by atoms with E-state index >= 15 is 0 Å². The molecule has 0 unspecified atom stereocenters. The number of sulfonamides is 1. The molecule has 0 amide bonds. The van der Waals surface area contributed by atoms with Crippen LogP contribution in [0.15, 0.2) is 47.4 Å².